The lowest BCUT2D eigenvalue weighted by Gasteiger charge is -2.10. The first kappa shape index (κ1) is 30.7. The highest BCUT2D eigenvalue weighted by atomic mass is 16.5. The minimum atomic E-state index is -0.474. The molecule has 4 nitrogen and oxygen atoms in total. The molecule has 0 aromatic carbocycles. The van der Waals surface area contributed by atoms with Crippen LogP contribution in [0.25, 0.3) is 0 Å². The Hall–Kier alpha value is -1.32. The maximum atomic E-state index is 11.7. The van der Waals surface area contributed by atoms with Crippen LogP contribution in [-0.4, -0.2) is 24.6 Å². The Morgan fingerprint density at radius 1 is 0.594 bits per heavy atom. The van der Waals surface area contributed by atoms with Gasteiger partial charge in [-0.2, -0.15) is 0 Å². The molecule has 0 fully saturated rings. The van der Waals surface area contributed by atoms with E-state index < -0.39 is 11.9 Å². The third-order valence-electron chi connectivity index (χ3n) is 5.88. The first-order valence-corrected chi connectivity index (χ1v) is 13.7. The summed E-state index contributed by atoms with van der Waals surface area (Å²) in [6, 6.07) is 0. The van der Waals surface area contributed by atoms with E-state index in [0.29, 0.717) is 6.61 Å². The number of rotatable bonds is 23. The summed E-state index contributed by atoms with van der Waals surface area (Å²) in [7, 11) is 0. The van der Waals surface area contributed by atoms with Crippen molar-refractivity contribution < 1.29 is 19.1 Å². The highest BCUT2D eigenvalue weighted by molar-refractivity contribution is 5.91. The van der Waals surface area contributed by atoms with E-state index in [0.717, 1.165) is 38.5 Å². The van der Waals surface area contributed by atoms with Gasteiger partial charge in [0.05, 0.1) is 12.7 Å². The van der Waals surface area contributed by atoms with E-state index >= 15 is 0 Å². The van der Waals surface area contributed by atoms with Gasteiger partial charge >= 0.3 is 11.9 Å². The van der Waals surface area contributed by atoms with Gasteiger partial charge in [-0.15, -0.1) is 0 Å². The monoisotopic (exact) mass is 452 g/mol. The Kier molecular flexibility index (Phi) is 23.3. The highest BCUT2D eigenvalue weighted by Crippen LogP contribution is 2.13. The van der Waals surface area contributed by atoms with Gasteiger partial charge in [-0.05, 0) is 26.2 Å². The molecule has 0 radical (unpaired) electrons. The number of esters is 2. The van der Waals surface area contributed by atoms with Crippen molar-refractivity contribution in [3.63, 3.8) is 0 Å². The number of hydrogen-bond donors (Lipinski definition) is 0. The molecule has 0 N–H and O–H groups in total. The summed E-state index contributed by atoms with van der Waals surface area (Å²) in [6.45, 7) is 6.72. The average Bonchev–Trinajstić information content (AvgIpc) is 2.77. The fraction of sp³-hybridized carbons (Fsp3) is 0.857. The zero-order valence-electron chi connectivity index (χ0n) is 21.5. The van der Waals surface area contributed by atoms with E-state index in [9.17, 15) is 9.59 Å². The van der Waals surface area contributed by atoms with Crippen molar-refractivity contribution in [1.82, 2.24) is 0 Å². The summed E-state index contributed by atoms with van der Waals surface area (Å²) < 4.78 is 10.4. The van der Waals surface area contributed by atoms with Crippen LogP contribution < -0.4 is 0 Å². The van der Waals surface area contributed by atoms with E-state index in [1.165, 1.54) is 95.6 Å². The van der Waals surface area contributed by atoms with E-state index in [1.807, 2.05) is 6.92 Å². The summed E-state index contributed by atoms with van der Waals surface area (Å²) in [6.07, 6.45) is 26.1. The number of ether oxygens (including phenoxy) is 2. The van der Waals surface area contributed by atoms with Crippen molar-refractivity contribution in [1.29, 1.82) is 0 Å². The molecule has 0 saturated carbocycles. The van der Waals surface area contributed by atoms with Crippen LogP contribution in [-0.2, 0) is 19.1 Å². The summed E-state index contributed by atoms with van der Waals surface area (Å²) in [4.78, 5) is 23.4. The topological polar surface area (TPSA) is 52.6 Å². The molecule has 0 saturated heterocycles. The van der Waals surface area contributed by atoms with Crippen molar-refractivity contribution in [2.45, 2.75) is 149 Å². The molecule has 0 spiro atoms. The van der Waals surface area contributed by atoms with Crippen molar-refractivity contribution >= 4 is 11.9 Å². The minimum absolute atomic E-state index is 0.116. The summed E-state index contributed by atoms with van der Waals surface area (Å²) in [5.41, 5.74) is 0. The summed E-state index contributed by atoms with van der Waals surface area (Å²) in [5.74, 6) is -0.941. The molecule has 0 heterocycles. The Bertz CT molecular complexity index is 458. The molecule has 0 aromatic rings. The SMILES string of the molecule is CCCCCCCCCCCCCCCCCOC(=O)/C=C/C(=O)OC(C)CCCCC. The Morgan fingerprint density at radius 3 is 1.50 bits per heavy atom. The van der Waals surface area contributed by atoms with Gasteiger partial charge in [0.15, 0.2) is 0 Å². The second kappa shape index (κ2) is 24.3. The van der Waals surface area contributed by atoms with Crippen molar-refractivity contribution in [3.8, 4) is 0 Å². The van der Waals surface area contributed by atoms with Gasteiger partial charge in [-0.25, -0.2) is 9.59 Å². The maximum absolute atomic E-state index is 11.7. The van der Waals surface area contributed by atoms with E-state index in [4.69, 9.17) is 9.47 Å². The molecule has 0 amide bonds. The van der Waals surface area contributed by atoms with Crippen LogP contribution in [0.4, 0.5) is 0 Å². The predicted molar refractivity (Wildman–Crippen MR) is 135 cm³/mol. The fourth-order valence-corrected chi connectivity index (χ4v) is 3.81. The molecule has 1 atom stereocenters. The lowest BCUT2D eigenvalue weighted by atomic mass is 10.0. The molecule has 1 unspecified atom stereocenters. The number of unbranched alkanes of at least 4 members (excludes halogenated alkanes) is 16. The predicted octanol–water partition coefficient (Wildman–Crippen LogP) is 8.47. The van der Waals surface area contributed by atoms with Crippen LogP contribution in [0.5, 0.6) is 0 Å². The lowest BCUT2D eigenvalue weighted by molar-refractivity contribution is -0.143. The molecule has 32 heavy (non-hydrogen) atoms. The van der Waals surface area contributed by atoms with E-state index in [1.54, 1.807) is 0 Å². The third-order valence-corrected chi connectivity index (χ3v) is 5.88. The van der Waals surface area contributed by atoms with Crippen LogP contribution in [0.2, 0.25) is 0 Å². The largest absolute Gasteiger partial charge is 0.463 e. The van der Waals surface area contributed by atoms with Crippen LogP contribution in [0.15, 0.2) is 12.2 Å². The lowest BCUT2D eigenvalue weighted by Crippen LogP contribution is -2.13. The summed E-state index contributed by atoms with van der Waals surface area (Å²) >= 11 is 0. The molecule has 188 valence electrons. The highest BCUT2D eigenvalue weighted by Gasteiger charge is 2.07. The van der Waals surface area contributed by atoms with Crippen LogP contribution >= 0.6 is 0 Å². The third kappa shape index (κ3) is 23.3. The molecule has 4 heteroatoms. The first-order chi connectivity index (χ1) is 15.6. The second-order valence-electron chi connectivity index (χ2n) is 9.19. The van der Waals surface area contributed by atoms with Crippen molar-refractivity contribution in [3.05, 3.63) is 12.2 Å². The van der Waals surface area contributed by atoms with Gasteiger partial charge in [0.1, 0.15) is 0 Å². The minimum Gasteiger partial charge on any atom is -0.463 e. The smallest absolute Gasteiger partial charge is 0.331 e. The van der Waals surface area contributed by atoms with Crippen LogP contribution in [0.1, 0.15) is 143 Å². The maximum Gasteiger partial charge on any atom is 0.331 e. The van der Waals surface area contributed by atoms with Crippen LogP contribution in [0.3, 0.4) is 0 Å². The number of carbonyl (C=O) groups is 2. The molecular weight excluding hydrogens is 400 g/mol. The fourth-order valence-electron chi connectivity index (χ4n) is 3.81. The Balaban J connectivity index is 3.41. The van der Waals surface area contributed by atoms with E-state index in [-0.39, 0.29) is 6.10 Å². The molecule has 0 aromatic heterocycles. The standard InChI is InChI=1S/C28H52O4/c1-4-6-8-9-10-11-12-13-14-15-16-17-18-19-21-25-31-27(29)23-24-28(30)32-26(3)22-20-7-5-2/h23-24,26H,4-22,25H2,1-3H3/b24-23+. The number of hydrogen-bond acceptors (Lipinski definition) is 4. The first-order valence-electron chi connectivity index (χ1n) is 13.7. The zero-order valence-corrected chi connectivity index (χ0v) is 21.5. The molecule has 0 aliphatic rings. The average molecular weight is 453 g/mol. The van der Waals surface area contributed by atoms with Gasteiger partial charge in [-0.1, -0.05) is 117 Å². The zero-order chi connectivity index (χ0) is 23.7. The summed E-state index contributed by atoms with van der Waals surface area (Å²) in [5, 5.41) is 0. The Labute approximate surface area is 198 Å². The van der Waals surface area contributed by atoms with Crippen LogP contribution in [0, 0.1) is 0 Å². The molecule has 0 rings (SSSR count). The van der Waals surface area contributed by atoms with Crippen molar-refractivity contribution in [2.24, 2.45) is 0 Å². The quantitative estimate of drug-likeness (QED) is 0.0886. The molecule has 0 aliphatic carbocycles. The second-order valence-corrected chi connectivity index (χ2v) is 9.19. The van der Waals surface area contributed by atoms with Crippen molar-refractivity contribution in [2.75, 3.05) is 6.61 Å². The van der Waals surface area contributed by atoms with Gasteiger partial charge in [0.2, 0.25) is 0 Å². The molecule has 0 bridgehead atoms. The van der Waals surface area contributed by atoms with E-state index in [2.05, 4.69) is 13.8 Å². The molecule has 0 aliphatic heterocycles. The normalized spacial score (nSPS) is 12.2. The van der Waals surface area contributed by atoms with Gasteiger partial charge in [0.25, 0.3) is 0 Å². The number of carbonyl (C=O) groups excluding carboxylic acids is 2. The molecular formula is C28H52O4. The Morgan fingerprint density at radius 2 is 1.00 bits per heavy atom. The van der Waals surface area contributed by atoms with Gasteiger partial charge in [-0.3, -0.25) is 0 Å². The van der Waals surface area contributed by atoms with Gasteiger partial charge < -0.3 is 9.47 Å². The van der Waals surface area contributed by atoms with Gasteiger partial charge in [0, 0.05) is 12.2 Å².